The summed E-state index contributed by atoms with van der Waals surface area (Å²) in [6, 6.07) is 8.90. The number of hydrogen-bond donors (Lipinski definition) is 0. The number of rotatable bonds is 4. The van der Waals surface area contributed by atoms with Gasteiger partial charge in [0, 0.05) is 10.0 Å². The van der Waals surface area contributed by atoms with Crippen molar-refractivity contribution in [2.24, 2.45) is 0 Å². The lowest BCUT2D eigenvalue weighted by atomic mass is 10.1. The summed E-state index contributed by atoms with van der Waals surface area (Å²) in [5, 5.41) is 0. The lowest BCUT2D eigenvalue weighted by molar-refractivity contribution is 0.102. The number of halogens is 1. The van der Waals surface area contributed by atoms with Crippen LogP contribution in [0.2, 0.25) is 0 Å². The van der Waals surface area contributed by atoms with Gasteiger partial charge in [0.25, 0.3) is 0 Å². The minimum Gasteiger partial charge on any atom is -0.496 e. The van der Waals surface area contributed by atoms with Crippen molar-refractivity contribution < 1.29 is 13.9 Å². The zero-order chi connectivity index (χ0) is 13.0. The molecule has 2 aromatic rings. The van der Waals surface area contributed by atoms with Gasteiger partial charge >= 0.3 is 0 Å². The fourth-order valence-corrected chi connectivity index (χ4v) is 1.88. The van der Waals surface area contributed by atoms with E-state index in [9.17, 15) is 4.79 Å². The Labute approximate surface area is 113 Å². The smallest absolute Gasteiger partial charge is 0.221 e. The predicted molar refractivity (Wildman–Crippen MR) is 72.8 cm³/mol. The van der Waals surface area contributed by atoms with Gasteiger partial charge in [0.1, 0.15) is 5.75 Å². The first-order valence-electron chi connectivity index (χ1n) is 5.30. The Bertz CT molecular complexity index is 571. The van der Waals surface area contributed by atoms with E-state index in [-0.39, 0.29) is 5.78 Å². The molecule has 3 nitrogen and oxygen atoms in total. The molecule has 0 aliphatic carbocycles. The van der Waals surface area contributed by atoms with Crippen LogP contribution in [0.3, 0.4) is 0 Å². The monoisotopic (exact) mass is 306 g/mol. The zero-order valence-electron chi connectivity index (χ0n) is 9.72. The van der Waals surface area contributed by atoms with Crippen molar-refractivity contribution >= 4 is 27.8 Å². The molecule has 0 radical (unpaired) electrons. The Kier molecular flexibility index (Phi) is 3.99. The first-order valence-corrected chi connectivity index (χ1v) is 6.09. The van der Waals surface area contributed by atoms with Gasteiger partial charge in [-0.25, -0.2) is 0 Å². The molecule has 0 N–H and O–H groups in total. The van der Waals surface area contributed by atoms with E-state index in [1.807, 2.05) is 18.2 Å². The second-order valence-corrected chi connectivity index (χ2v) is 4.48. The van der Waals surface area contributed by atoms with E-state index in [0.29, 0.717) is 11.5 Å². The number of ether oxygens (including phenoxy) is 1. The average Bonchev–Trinajstić information content (AvgIpc) is 2.90. The average molecular weight is 307 g/mol. The summed E-state index contributed by atoms with van der Waals surface area (Å²) in [6.07, 6.45) is 4.64. The molecule has 0 unspecified atom stereocenters. The van der Waals surface area contributed by atoms with Gasteiger partial charge in [0.15, 0.2) is 5.76 Å². The highest BCUT2D eigenvalue weighted by molar-refractivity contribution is 9.10. The Morgan fingerprint density at radius 2 is 2.22 bits per heavy atom. The van der Waals surface area contributed by atoms with Crippen molar-refractivity contribution in [3.05, 3.63) is 58.5 Å². The minimum atomic E-state index is -0.179. The number of carbonyl (C=O) groups is 1. The Morgan fingerprint density at radius 1 is 1.39 bits per heavy atom. The van der Waals surface area contributed by atoms with Crippen molar-refractivity contribution in [3.8, 4) is 5.75 Å². The van der Waals surface area contributed by atoms with Crippen molar-refractivity contribution in [3.63, 3.8) is 0 Å². The number of carbonyl (C=O) groups excluding carboxylic acids is 1. The molecule has 1 heterocycles. The fourth-order valence-electron chi connectivity index (χ4n) is 1.50. The molecular formula is C14H11BrO3. The van der Waals surface area contributed by atoms with Crippen LogP contribution >= 0.6 is 15.9 Å². The number of ketones is 1. The molecule has 0 bridgehead atoms. The van der Waals surface area contributed by atoms with Crippen LogP contribution in [-0.2, 0) is 0 Å². The van der Waals surface area contributed by atoms with Crippen LogP contribution in [0.5, 0.6) is 5.75 Å². The van der Waals surface area contributed by atoms with E-state index in [1.165, 1.54) is 12.3 Å². The van der Waals surface area contributed by atoms with E-state index < -0.39 is 0 Å². The minimum absolute atomic E-state index is 0.179. The molecule has 0 spiro atoms. The van der Waals surface area contributed by atoms with Gasteiger partial charge in [0.2, 0.25) is 5.78 Å². The van der Waals surface area contributed by atoms with Crippen LogP contribution in [-0.4, -0.2) is 12.9 Å². The van der Waals surface area contributed by atoms with E-state index in [4.69, 9.17) is 9.15 Å². The second-order valence-electron chi connectivity index (χ2n) is 3.56. The van der Waals surface area contributed by atoms with Crippen LogP contribution in [0.1, 0.15) is 16.1 Å². The summed E-state index contributed by atoms with van der Waals surface area (Å²) in [4.78, 5) is 11.7. The van der Waals surface area contributed by atoms with Gasteiger partial charge in [-0.1, -0.05) is 15.9 Å². The molecule has 4 heteroatoms. The Morgan fingerprint density at radius 3 is 2.89 bits per heavy atom. The SMILES string of the molecule is COc1ccc(Br)cc1C=CC(=O)c1ccco1. The standard InChI is InChI=1S/C14H11BrO3/c1-17-13-7-5-11(15)9-10(13)4-6-12(16)14-3-2-8-18-14/h2-9H,1H3. The van der Waals surface area contributed by atoms with Crippen LogP contribution < -0.4 is 4.74 Å². The number of furan rings is 1. The molecule has 0 aliphatic rings. The highest BCUT2D eigenvalue weighted by Gasteiger charge is 2.05. The lowest BCUT2D eigenvalue weighted by Crippen LogP contribution is -1.91. The second kappa shape index (κ2) is 5.69. The maximum absolute atomic E-state index is 11.7. The van der Waals surface area contributed by atoms with Gasteiger partial charge in [0.05, 0.1) is 13.4 Å². The van der Waals surface area contributed by atoms with E-state index >= 15 is 0 Å². The zero-order valence-corrected chi connectivity index (χ0v) is 11.3. The normalized spacial score (nSPS) is 10.8. The Balaban J connectivity index is 2.23. The first kappa shape index (κ1) is 12.6. The van der Waals surface area contributed by atoms with Gasteiger partial charge in [-0.2, -0.15) is 0 Å². The van der Waals surface area contributed by atoms with Crippen molar-refractivity contribution in [1.29, 1.82) is 0 Å². The van der Waals surface area contributed by atoms with E-state index in [2.05, 4.69) is 15.9 Å². The van der Waals surface area contributed by atoms with E-state index in [1.54, 1.807) is 25.3 Å². The van der Waals surface area contributed by atoms with Gasteiger partial charge in [-0.05, 0) is 42.5 Å². The highest BCUT2D eigenvalue weighted by atomic mass is 79.9. The molecule has 0 atom stereocenters. The molecule has 0 aliphatic heterocycles. The summed E-state index contributed by atoms with van der Waals surface area (Å²) >= 11 is 3.38. The topological polar surface area (TPSA) is 39.4 Å². The summed E-state index contributed by atoms with van der Waals surface area (Å²) in [7, 11) is 1.59. The summed E-state index contributed by atoms with van der Waals surface area (Å²) in [5.74, 6) is 0.851. The summed E-state index contributed by atoms with van der Waals surface area (Å²) in [5.41, 5.74) is 0.826. The van der Waals surface area contributed by atoms with Crippen molar-refractivity contribution in [2.75, 3.05) is 7.11 Å². The highest BCUT2D eigenvalue weighted by Crippen LogP contribution is 2.24. The maximum Gasteiger partial charge on any atom is 0.221 e. The number of methoxy groups -OCH3 is 1. The fraction of sp³-hybridized carbons (Fsp3) is 0.0714. The van der Waals surface area contributed by atoms with E-state index in [0.717, 1.165) is 10.0 Å². The quantitative estimate of drug-likeness (QED) is 0.634. The van der Waals surface area contributed by atoms with Crippen LogP contribution in [0.4, 0.5) is 0 Å². The lowest BCUT2D eigenvalue weighted by Gasteiger charge is -2.04. The predicted octanol–water partition coefficient (Wildman–Crippen LogP) is 3.95. The maximum atomic E-state index is 11.7. The van der Waals surface area contributed by atoms with Crippen molar-refractivity contribution in [2.45, 2.75) is 0 Å². The third-order valence-corrected chi connectivity index (χ3v) is 2.86. The van der Waals surface area contributed by atoms with Gasteiger partial charge in [-0.3, -0.25) is 4.79 Å². The van der Waals surface area contributed by atoms with Crippen LogP contribution in [0, 0.1) is 0 Å². The molecule has 18 heavy (non-hydrogen) atoms. The molecule has 0 amide bonds. The molecule has 1 aromatic heterocycles. The molecule has 2 rings (SSSR count). The number of allylic oxidation sites excluding steroid dienone is 1. The number of benzene rings is 1. The molecule has 0 fully saturated rings. The van der Waals surface area contributed by atoms with Gasteiger partial charge in [-0.15, -0.1) is 0 Å². The molecule has 1 aromatic carbocycles. The van der Waals surface area contributed by atoms with Crippen molar-refractivity contribution in [1.82, 2.24) is 0 Å². The largest absolute Gasteiger partial charge is 0.496 e. The number of hydrogen-bond acceptors (Lipinski definition) is 3. The summed E-state index contributed by atoms with van der Waals surface area (Å²) in [6.45, 7) is 0. The molecule has 92 valence electrons. The van der Waals surface area contributed by atoms with Crippen LogP contribution in [0.25, 0.3) is 6.08 Å². The first-order chi connectivity index (χ1) is 8.70. The summed E-state index contributed by atoms with van der Waals surface area (Å²) < 4.78 is 11.2. The molecule has 0 saturated carbocycles. The third-order valence-electron chi connectivity index (χ3n) is 2.37. The molecular weight excluding hydrogens is 296 g/mol. The van der Waals surface area contributed by atoms with Gasteiger partial charge < -0.3 is 9.15 Å². The Hall–Kier alpha value is -1.81. The molecule has 0 saturated heterocycles. The van der Waals surface area contributed by atoms with Crippen LogP contribution in [0.15, 0.2) is 51.6 Å². The third kappa shape index (κ3) is 2.90.